The van der Waals surface area contributed by atoms with Crippen molar-refractivity contribution in [3.05, 3.63) is 152 Å². The molecule has 1 aliphatic heterocycles. The summed E-state index contributed by atoms with van der Waals surface area (Å²) in [5.74, 6) is -0.223. The van der Waals surface area contributed by atoms with Crippen LogP contribution in [0.25, 0.3) is 0 Å². The van der Waals surface area contributed by atoms with Gasteiger partial charge in [-0.1, -0.05) is 91.0 Å². The van der Waals surface area contributed by atoms with Gasteiger partial charge in [0, 0.05) is 15.3 Å². The van der Waals surface area contributed by atoms with Gasteiger partial charge in [0.1, 0.15) is 0 Å². The second-order valence-electron chi connectivity index (χ2n) is 9.29. The van der Waals surface area contributed by atoms with Crippen molar-refractivity contribution < 1.29 is 9.59 Å². The van der Waals surface area contributed by atoms with E-state index in [0.29, 0.717) is 18.7 Å². The molecule has 38 heavy (non-hydrogen) atoms. The topological polar surface area (TPSA) is 40.6 Å². The molecule has 2 unspecified atom stereocenters. The molecule has 0 saturated carbocycles. The number of β-lactam (4-membered cyclic amide) rings is 1. The van der Waals surface area contributed by atoms with E-state index in [4.69, 9.17) is 0 Å². The Balaban J connectivity index is 1.57. The first-order chi connectivity index (χ1) is 18.7. The monoisotopic (exact) mass is 534 g/mol. The van der Waals surface area contributed by atoms with Crippen molar-refractivity contribution in [2.24, 2.45) is 0 Å². The minimum absolute atomic E-state index is 0.0632. The van der Waals surface area contributed by atoms with Crippen molar-refractivity contribution >= 4 is 34.5 Å². The van der Waals surface area contributed by atoms with Gasteiger partial charge in [-0.05, 0) is 46.2 Å². The maximum absolute atomic E-state index is 14.6. The average Bonchev–Trinajstić information content (AvgIpc) is 3.69. The molecule has 3 aromatic carbocycles. The number of rotatable bonds is 8. The number of hydrogen-bond donors (Lipinski definition) is 0. The second kappa shape index (κ2) is 10.4. The molecule has 4 nitrogen and oxygen atoms in total. The molecular formula is C32H26N2O2S2. The molecule has 0 N–H and O–H groups in total. The Bertz CT molecular complexity index is 1500. The fourth-order valence-electron chi connectivity index (χ4n) is 5.45. The number of benzene rings is 3. The maximum Gasteiger partial charge on any atom is 0.256 e. The first-order valence-corrected chi connectivity index (χ1v) is 14.3. The molecule has 5 aromatic rings. The zero-order valence-corrected chi connectivity index (χ0v) is 22.3. The van der Waals surface area contributed by atoms with Gasteiger partial charge < -0.3 is 9.80 Å². The predicted octanol–water partition coefficient (Wildman–Crippen LogP) is 7.13. The molecule has 3 heterocycles. The van der Waals surface area contributed by atoms with Gasteiger partial charge in [-0.3, -0.25) is 9.59 Å². The molecule has 6 rings (SSSR count). The van der Waals surface area contributed by atoms with Crippen LogP contribution in [-0.2, 0) is 23.4 Å². The van der Waals surface area contributed by atoms with Crippen LogP contribution in [0.3, 0.4) is 0 Å². The van der Waals surface area contributed by atoms with Crippen molar-refractivity contribution in [3.8, 4) is 0 Å². The maximum atomic E-state index is 14.6. The van der Waals surface area contributed by atoms with Crippen LogP contribution >= 0.6 is 22.7 Å². The van der Waals surface area contributed by atoms with Crippen LogP contribution in [0.4, 0.5) is 0 Å². The van der Waals surface area contributed by atoms with Crippen LogP contribution in [0.2, 0.25) is 0 Å². The number of thiophene rings is 2. The molecule has 0 aliphatic carbocycles. The molecular weight excluding hydrogens is 508 g/mol. The molecule has 6 heteroatoms. The Morgan fingerprint density at radius 3 is 1.92 bits per heavy atom. The molecule has 0 spiro atoms. The lowest BCUT2D eigenvalue weighted by molar-refractivity contribution is -0.179. The zero-order chi connectivity index (χ0) is 26.0. The first-order valence-electron chi connectivity index (χ1n) is 12.5. The number of nitrogens with zero attached hydrogens (tertiary/aromatic N) is 2. The SMILES string of the molecule is O=C(c1ccccc1)N(Cc1cccs1)C1(c2ccccc2)C(=O)N(Cc2cccs2)C1c1ccccc1. The number of carbonyl (C=O) groups is 2. The third-order valence-corrected chi connectivity index (χ3v) is 8.84. The quantitative estimate of drug-likeness (QED) is 0.199. The lowest BCUT2D eigenvalue weighted by atomic mass is 9.68. The highest BCUT2D eigenvalue weighted by Crippen LogP contribution is 2.55. The van der Waals surface area contributed by atoms with E-state index in [-0.39, 0.29) is 17.9 Å². The summed E-state index contributed by atoms with van der Waals surface area (Å²) in [7, 11) is 0. The summed E-state index contributed by atoms with van der Waals surface area (Å²) in [5, 5.41) is 4.04. The first kappa shape index (κ1) is 24.3. The van der Waals surface area contributed by atoms with Crippen LogP contribution in [0, 0.1) is 0 Å². The Labute approximate surface area is 230 Å². The minimum atomic E-state index is -1.20. The van der Waals surface area contributed by atoms with Gasteiger partial charge in [0.25, 0.3) is 11.8 Å². The van der Waals surface area contributed by atoms with Gasteiger partial charge in [-0.2, -0.15) is 0 Å². The molecule has 1 aliphatic rings. The predicted molar refractivity (Wildman–Crippen MR) is 153 cm³/mol. The lowest BCUT2D eigenvalue weighted by Crippen LogP contribution is -2.73. The summed E-state index contributed by atoms with van der Waals surface area (Å²) >= 11 is 3.23. The standard InChI is InChI=1S/C32H26N2O2S2/c35-30(25-14-6-2-7-15-25)34(23-28-19-11-21-38-28)32(26-16-8-3-9-17-26)29(24-12-4-1-5-13-24)33(31(32)36)22-27-18-10-20-37-27/h1-21,29H,22-23H2. The van der Waals surface area contributed by atoms with E-state index in [2.05, 4.69) is 18.2 Å². The normalized spacial score (nSPS) is 18.7. The van der Waals surface area contributed by atoms with Gasteiger partial charge in [0.15, 0.2) is 5.54 Å². The van der Waals surface area contributed by atoms with E-state index in [0.717, 1.165) is 20.9 Å². The Kier molecular flexibility index (Phi) is 6.66. The fourth-order valence-corrected chi connectivity index (χ4v) is 6.84. The summed E-state index contributed by atoms with van der Waals surface area (Å²) in [4.78, 5) is 34.9. The van der Waals surface area contributed by atoms with Gasteiger partial charge >= 0.3 is 0 Å². The van der Waals surface area contributed by atoms with E-state index in [1.54, 1.807) is 22.7 Å². The van der Waals surface area contributed by atoms with E-state index < -0.39 is 5.54 Å². The minimum Gasteiger partial charge on any atom is -0.325 e. The van der Waals surface area contributed by atoms with Crippen LogP contribution in [0.1, 0.15) is 37.3 Å². The Morgan fingerprint density at radius 1 is 0.737 bits per heavy atom. The van der Waals surface area contributed by atoms with E-state index in [9.17, 15) is 9.59 Å². The fraction of sp³-hybridized carbons (Fsp3) is 0.125. The molecule has 1 saturated heterocycles. The van der Waals surface area contributed by atoms with Crippen molar-refractivity contribution in [1.82, 2.24) is 9.80 Å². The molecule has 2 amide bonds. The summed E-state index contributed by atoms with van der Waals surface area (Å²) in [6.07, 6.45) is 0. The molecule has 0 bridgehead atoms. The lowest BCUT2D eigenvalue weighted by Gasteiger charge is -2.60. The van der Waals surface area contributed by atoms with Gasteiger partial charge in [-0.15, -0.1) is 22.7 Å². The van der Waals surface area contributed by atoms with Crippen LogP contribution in [-0.4, -0.2) is 21.6 Å². The third kappa shape index (κ3) is 4.16. The van der Waals surface area contributed by atoms with Crippen LogP contribution in [0.15, 0.2) is 126 Å². The largest absolute Gasteiger partial charge is 0.325 e. The number of likely N-dealkylation sites (tertiary alicyclic amines) is 1. The summed E-state index contributed by atoms with van der Waals surface area (Å²) in [5.41, 5.74) is 1.19. The third-order valence-electron chi connectivity index (χ3n) is 7.12. The highest BCUT2D eigenvalue weighted by atomic mass is 32.1. The van der Waals surface area contributed by atoms with Crippen molar-refractivity contribution in [2.45, 2.75) is 24.7 Å². The van der Waals surface area contributed by atoms with Crippen LogP contribution < -0.4 is 0 Å². The second-order valence-corrected chi connectivity index (χ2v) is 11.4. The molecule has 2 aromatic heterocycles. The smallest absolute Gasteiger partial charge is 0.256 e. The zero-order valence-electron chi connectivity index (χ0n) is 20.6. The van der Waals surface area contributed by atoms with E-state index >= 15 is 0 Å². The summed E-state index contributed by atoms with van der Waals surface area (Å²) in [6, 6.07) is 36.9. The van der Waals surface area contributed by atoms with E-state index in [1.807, 2.05) is 118 Å². The average molecular weight is 535 g/mol. The summed E-state index contributed by atoms with van der Waals surface area (Å²) < 4.78 is 0. The molecule has 2 atom stereocenters. The number of carbonyl (C=O) groups excluding carboxylic acids is 2. The van der Waals surface area contributed by atoms with Crippen molar-refractivity contribution in [1.29, 1.82) is 0 Å². The summed E-state index contributed by atoms with van der Waals surface area (Å²) in [6.45, 7) is 0.833. The van der Waals surface area contributed by atoms with Gasteiger partial charge in [0.05, 0.1) is 19.1 Å². The van der Waals surface area contributed by atoms with E-state index in [1.165, 1.54) is 0 Å². The van der Waals surface area contributed by atoms with Gasteiger partial charge in [0.2, 0.25) is 0 Å². The molecule has 188 valence electrons. The Morgan fingerprint density at radius 2 is 1.32 bits per heavy atom. The molecule has 0 radical (unpaired) electrons. The number of amides is 2. The Hall–Kier alpha value is -4.00. The van der Waals surface area contributed by atoms with Crippen molar-refractivity contribution in [2.75, 3.05) is 0 Å². The van der Waals surface area contributed by atoms with Crippen LogP contribution in [0.5, 0.6) is 0 Å². The number of hydrogen-bond acceptors (Lipinski definition) is 4. The van der Waals surface area contributed by atoms with Crippen molar-refractivity contribution in [3.63, 3.8) is 0 Å². The molecule has 1 fully saturated rings. The highest BCUT2D eigenvalue weighted by Gasteiger charge is 2.66. The van der Waals surface area contributed by atoms with Gasteiger partial charge in [-0.25, -0.2) is 0 Å². The highest BCUT2D eigenvalue weighted by molar-refractivity contribution is 7.10.